The first-order chi connectivity index (χ1) is 12.7. The number of aromatic amines is 1. The molecule has 0 amide bonds. The summed E-state index contributed by atoms with van der Waals surface area (Å²) >= 11 is 0.0224. The van der Waals surface area contributed by atoms with Gasteiger partial charge in [-0.15, -0.1) is 0 Å². The standard InChI is InChI=1S/C19H18N4O2Se/c24-23(25)15-7-5-6-14(12-15)21-19(22-10-3-4-11-22)26-18-13-20-17-9-2-1-8-16(17)18/h1-2,5-9,12-13,20H,3-4,10-11H2. The molecule has 26 heavy (non-hydrogen) atoms. The van der Waals surface area contributed by atoms with Crippen LogP contribution in [0.2, 0.25) is 0 Å². The normalized spacial score (nSPS) is 14.9. The molecule has 0 bridgehead atoms. The predicted octanol–water partition coefficient (Wildman–Crippen LogP) is 3.19. The fourth-order valence-corrected chi connectivity index (χ4v) is 5.32. The summed E-state index contributed by atoms with van der Waals surface area (Å²) in [5, 5.41) is 12.3. The van der Waals surface area contributed by atoms with Gasteiger partial charge in [0.1, 0.15) is 0 Å². The van der Waals surface area contributed by atoms with Gasteiger partial charge in [0.2, 0.25) is 0 Å². The Morgan fingerprint density at radius 2 is 1.96 bits per heavy atom. The summed E-state index contributed by atoms with van der Waals surface area (Å²) in [4.78, 5) is 21.1. The SMILES string of the molecule is O=[N+]([O-])c1cccc(N=C([Se]c2c[nH]c3ccccc23)N2CCCC2)c1. The van der Waals surface area contributed by atoms with E-state index in [0.717, 1.165) is 36.2 Å². The number of amidine groups is 1. The Kier molecular flexibility index (Phi) is 4.73. The number of non-ortho nitro benzene ring substituents is 1. The molecule has 0 unspecified atom stereocenters. The molecule has 1 aromatic heterocycles. The van der Waals surface area contributed by atoms with Crippen LogP contribution in [0.25, 0.3) is 10.9 Å². The number of nitrogens with one attached hydrogen (secondary N) is 1. The van der Waals surface area contributed by atoms with Crippen LogP contribution in [0.1, 0.15) is 12.8 Å². The zero-order chi connectivity index (χ0) is 17.9. The van der Waals surface area contributed by atoms with Crippen LogP contribution in [0, 0.1) is 10.1 Å². The Labute approximate surface area is 157 Å². The molecule has 0 aliphatic carbocycles. The van der Waals surface area contributed by atoms with Crippen LogP contribution in [-0.4, -0.2) is 47.6 Å². The van der Waals surface area contributed by atoms with Crippen LogP contribution < -0.4 is 4.46 Å². The second-order valence-electron chi connectivity index (χ2n) is 6.17. The number of aliphatic imine (C=N–C) groups is 1. The third kappa shape index (κ3) is 3.49. The second kappa shape index (κ2) is 7.31. The molecule has 0 saturated carbocycles. The number of nitro benzene ring substituents is 1. The molecular weight excluding hydrogens is 395 g/mol. The van der Waals surface area contributed by atoms with E-state index >= 15 is 0 Å². The molecule has 1 N–H and O–H groups in total. The van der Waals surface area contributed by atoms with Gasteiger partial charge < -0.3 is 0 Å². The van der Waals surface area contributed by atoms with Gasteiger partial charge in [-0.1, -0.05) is 0 Å². The maximum absolute atomic E-state index is 11.0. The molecular formula is C19H18N4O2Se. The fourth-order valence-electron chi connectivity index (χ4n) is 3.08. The van der Waals surface area contributed by atoms with E-state index in [0.29, 0.717) is 5.69 Å². The van der Waals surface area contributed by atoms with Crippen molar-refractivity contribution in [2.45, 2.75) is 12.8 Å². The minimum absolute atomic E-state index is 0.0224. The molecule has 0 spiro atoms. The third-order valence-corrected chi connectivity index (χ3v) is 6.68. The monoisotopic (exact) mass is 414 g/mol. The first kappa shape index (κ1) is 16.8. The van der Waals surface area contributed by atoms with Gasteiger partial charge in [-0.2, -0.15) is 0 Å². The van der Waals surface area contributed by atoms with E-state index in [1.165, 1.54) is 15.9 Å². The van der Waals surface area contributed by atoms with Crippen LogP contribution in [-0.2, 0) is 0 Å². The molecule has 1 aliphatic heterocycles. The zero-order valence-corrected chi connectivity index (χ0v) is 15.8. The van der Waals surface area contributed by atoms with E-state index in [9.17, 15) is 10.1 Å². The number of H-pyrrole nitrogens is 1. The summed E-state index contributed by atoms with van der Waals surface area (Å²) in [6.45, 7) is 2.00. The number of benzene rings is 2. The van der Waals surface area contributed by atoms with Crippen molar-refractivity contribution in [2.75, 3.05) is 13.1 Å². The minimum atomic E-state index is -0.376. The molecule has 1 aliphatic rings. The van der Waals surface area contributed by atoms with Crippen LogP contribution in [0.5, 0.6) is 0 Å². The topological polar surface area (TPSA) is 74.5 Å². The summed E-state index contributed by atoms with van der Waals surface area (Å²) in [5.74, 6) is 0. The van der Waals surface area contributed by atoms with Crippen molar-refractivity contribution in [1.29, 1.82) is 0 Å². The molecule has 2 heterocycles. The van der Waals surface area contributed by atoms with E-state index < -0.39 is 0 Å². The first-order valence-corrected chi connectivity index (χ1v) is 10.2. The second-order valence-corrected chi connectivity index (χ2v) is 8.28. The zero-order valence-electron chi connectivity index (χ0n) is 14.1. The number of hydrogen-bond donors (Lipinski definition) is 1. The quantitative estimate of drug-likeness (QED) is 0.235. The first-order valence-electron chi connectivity index (χ1n) is 8.53. The Morgan fingerprint density at radius 3 is 2.77 bits per heavy atom. The predicted molar refractivity (Wildman–Crippen MR) is 105 cm³/mol. The molecule has 1 fully saturated rings. The van der Waals surface area contributed by atoms with Crippen LogP contribution in [0.3, 0.4) is 0 Å². The summed E-state index contributed by atoms with van der Waals surface area (Å²) in [6, 6.07) is 14.8. The molecule has 1 saturated heterocycles. The average Bonchev–Trinajstić information content (AvgIpc) is 3.32. The molecule has 0 radical (unpaired) electrons. The van der Waals surface area contributed by atoms with Gasteiger partial charge in [-0.3, -0.25) is 0 Å². The number of para-hydroxylation sites is 1. The van der Waals surface area contributed by atoms with Gasteiger partial charge in [0, 0.05) is 0 Å². The summed E-state index contributed by atoms with van der Waals surface area (Å²) < 4.78 is 2.28. The van der Waals surface area contributed by atoms with Crippen molar-refractivity contribution < 1.29 is 4.92 Å². The molecule has 3 aromatic rings. The van der Waals surface area contributed by atoms with Gasteiger partial charge >= 0.3 is 157 Å². The van der Waals surface area contributed by atoms with Crippen molar-refractivity contribution in [3.8, 4) is 0 Å². The maximum atomic E-state index is 11.0. The number of hydrogen-bond acceptors (Lipinski definition) is 3. The van der Waals surface area contributed by atoms with Crippen molar-refractivity contribution in [3.63, 3.8) is 0 Å². The van der Waals surface area contributed by atoms with Gasteiger partial charge in [0.25, 0.3) is 0 Å². The molecule has 0 atom stereocenters. The van der Waals surface area contributed by atoms with Gasteiger partial charge in [0.15, 0.2) is 0 Å². The van der Waals surface area contributed by atoms with E-state index in [1.807, 2.05) is 18.2 Å². The third-order valence-electron chi connectivity index (χ3n) is 4.39. The molecule has 6 nitrogen and oxygen atoms in total. The van der Waals surface area contributed by atoms with E-state index in [1.54, 1.807) is 12.1 Å². The summed E-state index contributed by atoms with van der Waals surface area (Å²) in [7, 11) is 0. The summed E-state index contributed by atoms with van der Waals surface area (Å²) in [5.41, 5.74) is 1.84. The fraction of sp³-hybridized carbons (Fsp3) is 0.211. The van der Waals surface area contributed by atoms with Crippen molar-refractivity contribution in [2.24, 2.45) is 4.99 Å². The van der Waals surface area contributed by atoms with Gasteiger partial charge in [-0.25, -0.2) is 0 Å². The number of fused-ring (bicyclic) bond motifs is 1. The number of aromatic nitrogens is 1. The van der Waals surface area contributed by atoms with Crippen molar-refractivity contribution >= 4 is 46.4 Å². The molecule has 2 aromatic carbocycles. The van der Waals surface area contributed by atoms with E-state index in [-0.39, 0.29) is 25.6 Å². The molecule has 132 valence electrons. The van der Waals surface area contributed by atoms with Gasteiger partial charge in [-0.05, 0) is 0 Å². The number of nitro groups is 1. The van der Waals surface area contributed by atoms with Crippen LogP contribution in [0.15, 0.2) is 59.7 Å². The van der Waals surface area contributed by atoms with Crippen LogP contribution in [0.4, 0.5) is 11.4 Å². The van der Waals surface area contributed by atoms with Crippen molar-refractivity contribution in [1.82, 2.24) is 9.88 Å². The Bertz CT molecular complexity index is 976. The van der Waals surface area contributed by atoms with E-state index in [4.69, 9.17) is 4.99 Å². The molecule has 7 heteroatoms. The number of likely N-dealkylation sites (tertiary alicyclic amines) is 1. The number of rotatable bonds is 4. The van der Waals surface area contributed by atoms with E-state index in [2.05, 4.69) is 28.2 Å². The average molecular weight is 413 g/mol. The Balaban J connectivity index is 1.70. The van der Waals surface area contributed by atoms with Gasteiger partial charge in [0.05, 0.1) is 0 Å². The Hall–Kier alpha value is -2.63. The molecule has 4 rings (SSSR count). The van der Waals surface area contributed by atoms with Crippen molar-refractivity contribution in [3.05, 3.63) is 64.8 Å². The number of nitrogens with zero attached hydrogens (tertiary/aromatic N) is 3. The summed E-state index contributed by atoms with van der Waals surface area (Å²) in [6.07, 6.45) is 4.39. The van der Waals surface area contributed by atoms with Crippen LogP contribution >= 0.6 is 0 Å². The Morgan fingerprint density at radius 1 is 1.15 bits per heavy atom.